The van der Waals surface area contributed by atoms with Gasteiger partial charge in [0.05, 0.1) is 12.4 Å². The Balaban J connectivity index is 1.74. The molecule has 6 heteroatoms. The van der Waals surface area contributed by atoms with Crippen LogP contribution in [-0.4, -0.2) is 62.4 Å². The molecule has 0 aromatic carbocycles. The second-order valence-electron chi connectivity index (χ2n) is 5.42. The highest BCUT2D eigenvalue weighted by Crippen LogP contribution is 2.23. The van der Waals surface area contributed by atoms with Gasteiger partial charge in [0.15, 0.2) is 5.78 Å². The summed E-state index contributed by atoms with van der Waals surface area (Å²) in [6, 6.07) is 0.490. The molecule has 2 atom stereocenters. The van der Waals surface area contributed by atoms with Gasteiger partial charge in [-0.2, -0.15) is 0 Å². The second kappa shape index (κ2) is 6.33. The van der Waals surface area contributed by atoms with Gasteiger partial charge in [0.25, 0.3) is 0 Å². The van der Waals surface area contributed by atoms with Gasteiger partial charge in [-0.15, -0.1) is 0 Å². The third kappa shape index (κ3) is 4.00. The van der Waals surface area contributed by atoms with Crippen LogP contribution in [0.3, 0.4) is 0 Å². The highest BCUT2D eigenvalue weighted by molar-refractivity contribution is 7.91. The van der Waals surface area contributed by atoms with Crippen LogP contribution in [0, 0.1) is 0 Å². The Kier molecular flexibility index (Phi) is 4.97. The van der Waals surface area contributed by atoms with Crippen LogP contribution >= 0.6 is 0 Å². The van der Waals surface area contributed by atoms with Crippen molar-refractivity contribution in [2.45, 2.75) is 44.8 Å². The minimum Gasteiger partial charge on any atom is -0.367 e. The van der Waals surface area contributed by atoms with Crippen LogP contribution in [0.15, 0.2) is 0 Å². The number of hydrogen-bond donors (Lipinski definition) is 0. The minimum atomic E-state index is -2.96. The lowest BCUT2D eigenvalue weighted by Crippen LogP contribution is -2.49. The molecule has 2 heterocycles. The van der Waals surface area contributed by atoms with Gasteiger partial charge in [0.1, 0.15) is 15.9 Å². The molecule has 19 heavy (non-hydrogen) atoms. The SMILES string of the molecule is CCS(=O)(=O)CCCC(=O)C1CN2CCCC2CO1. The molecule has 0 amide bonds. The van der Waals surface area contributed by atoms with E-state index in [1.54, 1.807) is 6.92 Å². The molecule has 5 nitrogen and oxygen atoms in total. The quantitative estimate of drug-likeness (QED) is 0.718. The van der Waals surface area contributed by atoms with Crippen molar-refractivity contribution in [2.75, 3.05) is 31.2 Å². The molecule has 2 fully saturated rings. The summed E-state index contributed by atoms with van der Waals surface area (Å²) in [5.74, 6) is 0.307. The number of hydrogen-bond acceptors (Lipinski definition) is 5. The van der Waals surface area contributed by atoms with Crippen molar-refractivity contribution in [1.82, 2.24) is 4.90 Å². The lowest BCUT2D eigenvalue weighted by atomic mass is 10.1. The Morgan fingerprint density at radius 3 is 2.95 bits per heavy atom. The minimum absolute atomic E-state index is 0.0525. The van der Waals surface area contributed by atoms with E-state index in [2.05, 4.69) is 4.90 Å². The fourth-order valence-corrected chi connectivity index (χ4v) is 3.66. The number of ketones is 1. The van der Waals surface area contributed by atoms with Crippen LogP contribution in [-0.2, 0) is 19.4 Å². The van der Waals surface area contributed by atoms with Crippen molar-refractivity contribution in [3.63, 3.8) is 0 Å². The van der Waals surface area contributed by atoms with E-state index in [4.69, 9.17) is 4.74 Å². The van der Waals surface area contributed by atoms with Gasteiger partial charge in [-0.3, -0.25) is 9.69 Å². The van der Waals surface area contributed by atoms with E-state index in [0.29, 0.717) is 32.0 Å². The summed E-state index contributed by atoms with van der Waals surface area (Å²) in [5.41, 5.74) is 0. The first-order chi connectivity index (χ1) is 9.02. The Morgan fingerprint density at radius 2 is 2.21 bits per heavy atom. The third-order valence-corrected chi connectivity index (χ3v) is 5.86. The van der Waals surface area contributed by atoms with Crippen LogP contribution < -0.4 is 0 Å². The zero-order valence-corrected chi connectivity index (χ0v) is 12.3. The first kappa shape index (κ1) is 14.9. The normalized spacial score (nSPS) is 28.3. The molecule has 0 radical (unpaired) electrons. The molecule has 0 N–H and O–H groups in total. The molecule has 2 saturated heterocycles. The maximum Gasteiger partial charge on any atom is 0.162 e. The fraction of sp³-hybridized carbons (Fsp3) is 0.923. The Labute approximate surface area is 115 Å². The van der Waals surface area contributed by atoms with E-state index in [-0.39, 0.29) is 23.4 Å². The van der Waals surface area contributed by atoms with Crippen LogP contribution in [0.2, 0.25) is 0 Å². The molecule has 0 saturated carbocycles. The van der Waals surface area contributed by atoms with E-state index in [0.717, 1.165) is 13.0 Å². The van der Waals surface area contributed by atoms with Gasteiger partial charge >= 0.3 is 0 Å². The summed E-state index contributed by atoms with van der Waals surface area (Å²) in [5, 5.41) is 0. The maximum absolute atomic E-state index is 12.0. The average Bonchev–Trinajstić information content (AvgIpc) is 2.85. The first-order valence-electron chi connectivity index (χ1n) is 7.10. The molecule has 110 valence electrons. The van der Waals surface area contributed by atoms with Crippen molar-refractivity contribution in [3.8, 4) is 0 Å². The maximum atomic E-state index is 12.0. The van der Waals surface area contributed by atoms with Gasteiger partial charge in [0, 0.05) is 24.8 Å². The van der Waals surface area contributed by atoms with E-state index in [9.17, 15) is 13.2 Å². The highest BCUT2D eigenvalue weighted by Gasteiger charge is 2.34. The molecule has 2 rings (SSSR count). The molecule has 0 aromatic heterocycles. The molecule has 0 aliphatic carbocycles. The van der Waals surface area contributed by atoms with Gasteiger partial charge < -0.3 is 4.74 Å². The number of carbonyl (C=O) groups is 1. The molecule has 2 aliphatic heterocycles. The Hall–Kier alpha value is -0.460. The number of sulfone groups is 1. The summed E-state index contributed by atoms with van der Waals surface area (Å²) in [7, 11) is -2.96. The lowest BCUT2D eigenvalue weighted by molar-refractivity contribution is -0.138. The molecule has 0 spiro atoms. The van der Waals surface area contributed by atoms with Crippen molar-refractivity contribution >= 4 is 15.6 Å². The van der Waals surface area contributed by atoms with E-state index in [1.165, 1.54) is 6.42 Å². The van der Waals surface area contributed by atoms with Crippen LogP contribution in [0.5, 0.6) is 0 Å². The fourth-order valence-electron chi connectivity index (χ4n) is 2.78. The summed E-state index contributed by atoms with van der Waals surface area (Å²) in [4.78, 5) is 14.3. The Bertz CT molecular complexity index is 420. The topological polar surface area (TPSA) is 63.7 Å². The molecule has 2 aliphatic rings. The molecule has 0 bridgehead atoms. The number of carbonyl (C=O) groups excluding carboxylic acids is 1. The summed E-state index contributed by atoms with van der Waals surface area (Å²) in [6.45, 7) is 4.02. The lowest BCUT2D eigenvalue weighted by Gasteiger charge is -2.34. The van der Waals surface area contributed by atoms with Crippen molar-refractivity contribution in [3.05, 3.63) is 0 Å². The van der Waals surface area contributed by atoms with Gasteiger partial charge in [0.2, 0.25) is 0 Å². The number of rotatable bonds is 6. The van der Waals surface area contributed by atoms with Crippen LogP contribution in [0.4, 0.5) is 0 Å². The van der Waals surface area contributed by atoms with E-state index >= 15 is 0 Å². The predicted molar refractivity (Wildman–Crippen MR) is 72.9 cm³/mol. The zero-order chi connectivity index (χ0) is 13.9. The van der Waals surface area contributed by atoms with E-state index < -0.39 is 9.84 Å². The van der Waals surface area contributed by atoms with Crippen molar-refractivity contribution in [2.24, 2.45) is 0 Å². The number of ether oxygens (including phenoxy) is 1. The largest absolute Gasteiger partial charge is 0.367 e. The van der Waals surface area contributed by atoms with Gasteiger partial charge in [-0.1, -0.05) is 6.92 Å². The average molecular weight is 289 g/mol. The first-order valence-corrected chi connectivity index (χ1v) is 8.93. The smallest absolute Gasteiger partial charge is 0.162 e. The van der Waals surface area contributed by atoms with E-state index in [1.807, 2.05) is 0 Å². The number of nitrogens with zero attached hydrogens (tertiary/aromatic N) is 1. The summed E-state index contributed by atoms with van der Waals surface area (Å²) < 4.78 is 28.3. The van der Waals surface area contributed by atoms with Crippen LogP contribution in [0.1, 0.15) is 32.6 Å². The predicted octanol–water partition coefficient (Wildman–Crippen LogP) is 0.634. The standard InChI is InChI=1S/C13H23NO4S/c1-2-19(16,17)8-4-6-12(15)13-9-14-7-3-5-11(14)10-18-13/h11,13H,2-10H2,1H3. The molecular formula is C13H23NO4S. The molecule has 2 unspecified atom stereocenters. The highest BCUT2D eigenvalue weighted by atomic mass is 32.2. The third-order valence-electron chi connectivity index (χ3n) is 4.07. The monoisotopic (exact) mass is 289 g/mol. The van der Waals surface area contributed by atoms with Crippen LogP contribution in [0.25, 0.3) is 0 Å². The summed E-state index contributed by atoms with van der Waals surface area (Å²) in [6.07, 6.45) is 2.72. The zero-order valence-electron chi connectivity index (χ0n) is 11.5. The molecular weight excluding hydrogens is 266 g/mol. The van der Waals surface area contributed by atoms with Crippen molar-refractivity contribution in [1.29, 1.82) is 0 Å². The number of Topliss-reactive ketones (excluding diaryl/α,β-unsaturated/α-hetero) is 1. The van der Waals surface area contributed by atoms with Gasteiger partial charge in [-0.25, -0.2) is 8.42 Å². The second-order valence-corrected chi connectivity index (χ2v) is 7.89. The summed E-state index contributed by atoms with van der Waals surface area (Å²) >= 11 is 0. The molecule has 0 aromatic rings. The number of fused-ring (bicyclic) bond motifs is 1. The number of morpholine rings is 1. The van der Waals surface area contributed by atoms with Gasteiger partial charge in [-0.05, 0) is 25.8 Å². The van der Waals surface area contributed by atoms with Crippen molar-refractivity contribution < 1.29 is 17.9 Å². The Morgan fingerprint density at radius 1 is 1.42 bits per heavy atom.